The summed E-state index contributed by atoms with van der Waals surface area (Å²) in [7, 11) is 0. The lowest BCUT2D eigenvalue weighted by Crippen LogP contribution is -2.31. The fourth-order valence-electron chi connectivity index (χ4n) is 2.82. The molecule has 0 spiro atoms. The second-order valence-corrected chi connectivity index (χ2v) is 5.56. The molecule has 0 fully saturated rings. The van der Waals surface area contributed by atoms with E-state index in [4.69, 9.17) is 15.6 Å². The SMILES string of the molecule is NC1=N[C@H](c2ccc(OCC(=O)O)cc2)n2c(nc3ccccc32)N1. The first-order chi connectivity index (χ1) is 12.1. The average molecular weight is 337 g/mol. The molecule has 0 radical (unpaired) electrons. The molecule has 25 heavy (non-hydrogen) atoms. The monoisotopic (exact) mass is 337 g/mol. The van der Waals surface area contributed by atoms with Gasteiger partial charge in [-0.3, -0.25) is 9.88 Å². The summed E-state index contributed by atoms with van der Waals surface area (Å²) in [5, 5.41) is 11.7. The fourth-order valence-corrected chi connectivity index (χ4v) is 2.82. The molecule has 2 heterocycles. The Morgan fingerprint density at radius 3 is 2.76 bits per heavy atom. The molecular formula is C17H15N5O3. The Bertz CT molecular complexity index is 978. The van der Waals surface area contributed by atoms with Gasteiger partial charge in [0, 0.05) is 0 Å². The molecule has 3 aromatic rings. The molecule has 1 aromatic heterocycles. The van der Waals surface area contributed by atoms with Crippen LogP contribution < -0.4 is 15.8 Å². The zero-order chi connectivity index (χ0) is 17.4. The quantitative estimate of drug-likeness (QED) is 0.668. The molecule has 0 saturated carbocycles. The lowest BCUT2D eigenvalue weighted by Gasteiger charge is -2.23. The Kier molecular flexibility index (Phi) is 3.50. The zero-order valence-corrected chi connectivity index (χ0v) is 13.1. The molecule has 0 bridgehead atoms. The van der Waals surface area contributed by atoms with Gasteiger partial charge < -0.3 is 15.6 Å². The largest absolute Gasteiger partial charge is 0.482 e. The van der Waals surface area contributed by atoms with Gasteiger partial charge in [0.2, 0.25) is 5.95 Å². The number of para-hydroxylation sites is 2. The van der Waals surface area contributed by atoms with Crippen LogP contribution >= 0.6 is 0 Å². The summed E-state index contributed by atoms with van der Waals surface area (Å²) in [4.78, 5) is 19.6. The van der Waals surface area contributed by atoms with Crippen LogP contribution in [0.1, 0.15) is 11.7 Å². The maximum Gasteiger partial charge on any atom is 0.341 e. The van der Waals surface area contributed by atoms with Crippen LogP contribution in [0.25, 0.3) is 11.0 Å². The van der Waals surface area contributed by atoms with E-state index in [9.17, 15) is 4.79 Å². The molecule has 126 valence electrons. The lowest BCUT2D eigenvalue weighted by atomic mass is 10.1. The van der Waals surface area contributed by atoms with Crippen molar-refractivity contribution in [3.63, 3.8) is 0 Å². The van der Waals surface area contributed by atoms with E-state index in [0.29, 0.717) is 17.7 Å². The van der Waals surface area contributed by atoms with Crippen LogP contribution in [0.2, 0.25) is 0 Å². The van der Waals surface area contributed by atoms with Crippen molar-refractivity contribution in [3.8, 4) is 5.75 Å². The maximum atomic E-state index is 10.6. The highest BCUT2D eigenvalue weighted by atomic mass is 16.5. The van der Waals surface area contributed by atoms with Crippen LogP contribution in [0.5, 0.6) is 5.75 Å². The van der Waals surface area contributed by atoms with E-state index in [-0.39, 0.29) is 12.8 Å². The third kappa shape index (κ3) is 2.74. The Labute approximate surface area is 142 Å². The van der Waals surface area contributed by atoms with Gasteiger partial charge in [-0.15, -0.1) is 0 Å². The number of imidazole rings is 1. The van der Waals surface area contributed by atoms with Crippen LogP contribution in [-0.4, -0.2) is 33.2 Å². The van der Waals surface area contributed by atoms with Crippen molar-refractivity contribution in [2.75, 3.05) is 11.9 Å². The highest BCUT2D eigenvalue weighted by molar-refractivity contribution is 5.94. The molecule has 1 aliphatic heterocycles. The molecule has 0 saturated heterocycles. The number of guanidine groups is 1. The molecule has 4 N–H and O–H groups in total. The third-order valence-electron chi connectivity index (χ3n) is 3.88. The summed E-state index contributed by atoms with van der Waals surface area (Å²) < 4.78 is 7.14. The molecule has 4 rings (SSSR count). The van der Waals surface area contributed by atoms with E-state index >= 15 is 0 Å². The van der Waals surface area contributed by atoms with Crippen molar-refractivity contribution in [2.24, 2.45) is 10.7 Å². The van der Waals surface area contributed by atoms with Crippen LogP contribution in [0.15, 0.2) is 53.5 Å². The van der Waals surface area contributed by atoms with Gasteiger partial charge in [0.15, 0.2) is 18.7 Å². The van der Waals surface area contributed by atoms with Gasteiger partial charge >= 0.3 is 5.97 Å². The van der Waals surface area contributed by atoms with Crippen molar-refractivity contribution in [2.45, 2.75) is 6.17 Å². The number of nitrogens with one attached hydrogen (secondary N) is 1. The molecule has 8 nitrogen and oxygen atoms in total. The van der Waals surface area contributed by atoms with Crippen LogP contribution in [0.3, 0.4) is 0 Å². The van der Waals surface area contributed by atoms with Crippen LogP contribution in [0, 0.1) is 0 Å². The number of rotatable bonds is 4. The summed E-state index contributed by atoms with van der Waals surface area (Å²) in [6.07, 6.45) is -0.364. The van der Waals surface area contributed by atoms with E-state index in [1.165, 1.54) is 0 Å². The van der Waals surface area contributed by atoms with E-state index in [1.54, 1.807) is 12.1 Å². The number of benzene rings is 2. The number of anilines is 1. The Balaban J connectivity index is 1.72. The van der Waals surface area contributed by atoms with Crippen LogP contribution in [-0.2, 0) is 4.79 Å². The van der Waals surface area contributed by atoms with Crippen molar-refractivity contribution >= 4 is 28.9 Å². The topological polar surface area (TPSA) is 115 Å². The number of carboxylic acids is 1. The number of nitrogens with two attached hydrogens (primary N) is 1. The first-order valence-electron chi connectivity index (χ1n) is 7.63. The zero-order valence-electron chi connectivity index (χ0n) is 13.1. The number of aliphatic carboxylic acids is 1. The molecule has 0 amide bonds. The maximum absolute atomic E-state index is 10.6. The van der Waals surface area contributed by atoms with Crippen molar-refractivity contribution in [3.05, 3.63) is 54.1 Å². The number of hydrogen-bond donors (Lipinski definition) is 3. The Morgan fingerprint density at radius 2 is 2.00 bits per heavy atom. The van der Waals surface area contributed by atoms with Gasteiger partial charge in [-0.2, -0.15) is 0 Å². The normalized spacial score (nSPS) is 16.0. The third-order valence-corrected chi connectivity index (χ3v) is 3.88. The minimum atomic E-state index is -1.02. The molecule has 1 aliphatic rings. The Hall–Kier alpha value is -3.55. The predicted octanol–water partition coefficient (Wildman–Crippen LogP) is 1.79. The second kappa shape index (κ2) is 5.82. The van der Waals surface area contributed by atoms with E-state index < -0.39 is 5.97 Å². The second-order valence-electron chi connectivity index (χ2n) is 5.56. The number of aliphatic imine (C=N–C) groups is 1. The number of hydrogen-bond acceptors (Lipinski definition) is 6. The standard InChI is InChI=1S/C17H15N5O3/c18-16-20-15(10-5-7-11(8-6-10)25-9-14(23)24)22-13-4-2-1-3-12(13)19-17(22)21-16/h1-8,15H,9H2,(H,23,24)(H3,18,19,20,21)/t15-/m0/s1. The summed E-state index contributed by atoms with van der Waals surface area (Å²) in [5.41, 5.74) is 8.58. The van der Waals surface area contributed by atoms with E-state index in [1.807, 2.05) is 41.0 Å². The molecule has 0 unspecified atom stereocenters. The molecule has 2 aromatic carbocycles. The number of carboxylic acid groups (broad SMARTS) is 1. The molecular weight excluding hydrogens is 322 g/mol. The average Bonchev–Trinajstić information content (AvgIpc) is 2.97. The van der Waals surface area contributed by atoms with E-state index in [2.05, 4.69) is 15.3 Å². The number of nitrogens with zero attached hydrogens (tertiary/aromatic N) is 3. The van der Waals surface area contributed by atoms with Gasteiger partial charge in [0.25, 0.3) is 0 Å². The van der Waals surface area contributed by atoms with Crippen molar-refractivity contribution in [1.29, 1.82) is 0 Å². The lowest BCUT2D eigenvalue weighted by molar-refractivity contribution is -0.139. The number of carbonyl (C=O) groups is 1. The van der Waals surface area contributed by atoms with Gasteiger partial charge in [0.1, 0.15) is 5.75 Å². The summed E-state index contributed by atoms with van der Waals surface area (Å²) >= 11 is 0. The highest BCUT2D eigenvalue weighted by Crippen LogP contribution is 2.32. The predicted molar refractivity (Wildman–Crippen MR) is 92.7 cm³/mol. The minimum Gasteiger partial charge on any atom is -0.482 e. The number of aromatic nitrogens is 2. The summed E-state index contributed by atoms with van der Waals surface area (Å²) in [5.74, 6) is 0.381. The first-order valence-corrected chi connectivity index (χ1v) is 7.63. The summed E-state index contributed by atoms with van der Waals surface area (Å²) in [6, 6.07) is 14.9. The minimum absolute atomic E-state index is 0.291. The first kappa shape index (κ1) is 15.0. The molecule has 1 atom stereocenters. The highest BCUT2D eigenvalue weighted by Gasteiger charge is 2.24. The smallest absolute Gasteiger partial charge is 0.341 e. The van der Waals surface area contributed by atoms with Crippen LogP contribution in [0.4, 0.5) is 5.95 Å². The van der Waals surface area contributed by atoms with Crippen molar-refractivity contribution < 1.29 is 14.6 Å². The number of ether oxygens (including phenoxy) is 1. The number of fused-ring (bicyclic) bond motifs is 3. The van der Waals surface area contributed by atoms with E-state index in [0.717, 1.165) is 16.6 Å². The fraction of sp³-hybridized carbons (Fsp3) is 0.118. The van der Waals surface area contributed by atoms with Gasteiger partial charge in [-0.1, -0.05) is 24.3 Å². The molecule has 8 heteroatoms. The Morgan fingerprint density at radius 1 is 1.24 bits per heavy atom. The van der Waals surface area contributed by atoms with Crippen molar-refractivity contribution in [1.82, 2.24) is 9.55 Å². The van der Waals surface area contributed by atoms with Gasteiger partial charge in [-0.05, 0) is 29.8 Å². The molecule has 0 aliphatic carbocycles. The van der Waals surface area contributed by atoms with Gasteiger partial charge in [0.05, 0.1) is 11.0 Å². The van der Waals surface area contributed by atoms with Gasteiger partial charge in [-0.25, -0.2) is 14.8 Å². The summed E-state index contributed by atoms with van der Waals surface area (Å²) in [6.45, 7) is -0.381.